The fourth-order valence-corrected chi connectivity index (χ4v) is 3.52. The summed E-state index contributed by atoms with van der Waals surface area (Å²) < 4.78 is 10.8. The second-order valence-electron chi connectivity index (χ2n) is 5.22. The monoisotopic (exact) mass is 303 g/mol. The van der Waals surface area contributed by atoms with Crippen molar-refractivity contribution in [3.8, 4) is 11.5 Å². The molecule has 6 heteroatoms. The van der Waals surface area contributed by atoms with Gasteiger partial charge in [0, 0.05) is 38.0 Å². The molecule has 0 unspecified atom stereocenters. The Bertz CT molecular complexity index is 638. The first-order valence-corrected chi connectivity index (χ1v) is 8.05. The van der Waals surface area contributed by atoms with E-state index in [0.29, 0.717) is 6.79 Å². The van der Waals surface area contributed by atoms with Gasteiger partial charge in [-0.25, -0.2) is 4.98 Å². The SMILES string of the molecule is c1cc2c(cc1Cc1csc(N3CCNCC3)n1)OCO2. The average molecular weight is 303 g/mol. The number of nitrogens with zero attached hydrogens (tertiary/aromatic N) is 2. The molecule has 0 radical (unpaired) electrons. The van der Waals surface area contributed by atoms with Gasteiger partial charge >= 0.3 is 0 Å². The highest BCUT2D eigenvalue weighted by Gasteiger charge is 2.16. The van der Waals surface area contributed by atoms with Crippen LogP contribution in [0.1, 0.15) is 11.3 Å². The lowest BCUT2D eigenvalue weighted by molar-refractivity contribution is 0.174. The van der Waals surface area contributed by atoms with Gasteiger partial charge in [-0.05, 0) is 17.7 Å². The Morgan fingerprint density at radius 1 is 1.19 bits per heavy atom. The molecule has 1 aromatic heterocycles. The normalized spacial score (nSPS) is 17.2. The van der Waals surface area contributed by atoms with Crippen molar-refractivity contribution in [3.05, 3.63) is 34.8 Å². The van der Waals surface area contributed by atoms with Gasteiger partial charge < -0.3 is 19.7 Å². The molecule has 1 saturated heterocycles. The predicted molar refractivity (Wildman–Crippen MR) is 82.6 cm³/mol. The van der Waals surface area contributed by atoms with Gasteiger partial charge in [0.15, 0.2) is 16.6 Å². The van der Waals surface area contributed by atoms with Crippen molar-refractivity contribution in [2.45, 2.75) is 6.42 Å². The number of nitrogens with one attached hydrogen (secondary N) is 1. The maximum Gasteiger partial charge on any atom is 0.231 e. The van der Waals surface area contributed by atoms with Crippen LogP contribution in [0.4, 0.5) is 5.13 Å². The number of ether oxygens (including phenoxy) is 2. The average Bonchev–Trinajstić information content (AvgIpc) is 3.17. The minimum atomic E-state index is 0.322. The first-order valence-electron chi connectivity index (χ1n) is 7.17. The van der Waals surface area contributed by atoms with Gasteiger partial charge in [-0.3, -0.25) is 0 Å². The summed E-state index contributed by atoms with van der Waals surface area (Å²) in [5.74, 6) is 1.67. The van der Waals surface area contributed by atoms with Gasteiger partial charge in [-0.2, -0.15) is 0 Å². The minimum Gasteiger partial charge on any atom is -0.454 e. The molecule has 1 aromatic carbocycles. The molecule has 1 fully saturated rings. The van der Waals surface area contributed by atoms with Crippen molar-refractivity contribution in [2.24, 2.45) is 0 Å². The topological polar surface area (TPSA) is 46.6 Å². The van der Waals surface area contributed by atoms with E-state index in [0.717, 1.165) is 54.9 Å². The molecule has 0 amide bonds. The molecule has 2 aromatic rings. The zero-order valence-electron chi connectivity index (χ0n) is 11.7. The summed E-state index contributed by atoms with van der Waals surface area (Å²) in [5, 5.41) is 6.65. The van der Waals surface area contributed by atoms with Gasteiger partial charge in [0.2, 0.25) is 6.79 Å². The molecule has 21 heavy (non-hydrogen) atoms. The maximum absolute atomic E-state index is 5.42. The number of thiazole rings is 1. The van der Waals surface area contributed by atoms with Crippen LogP contribution in [0.15, 0.2) is 23.6 Å². The molecule has 0 spiro atoms. The van der Waals surface area contributed by atoms with Crippen LogP contribution in [-0.2, 0) is 6.42 Å². The van der Waals surface area contributed by atoms with Crippen LogP contribution in [0.5, 0.6) is 11.5 Å². The van der Waals surface area contributed by atoms with Crippen molar-refractivity contribution < 1.29 is 9.47 Å². The number of rotatable bonds is 3. The molecule has 3 heterocycles. The zero-order chi connectivity index (χ0) is 14.1. The van der Waals surface area contributed by atoms with Crippen LogP contribution in [0.25, 0.3) is 0 Å². The molecule has 110 valence electrons. The fraction of sp³-hybridized carbons (Fsp3) is 0.400. The van der Waals surface area contributed by atoms with E-state index in [-0.39, 0.29) is 0 Å². The van der Waals surface area contributed by atoms with Gasteiger partial charge in [0.05, 0.1) is 5.69 Å². The van der Waals surface area contributed by atoms with E-state index >= 15 is 0 Å². The summed E-state index contributed by atoms with van der Waals surface area (Å²) in [6.07, 6.45) is 0.833. The Hall–Kier alpha value is -1.79. The van der Waals surface area contributed by atoms with Gasteiger partial charge in [-0.1, -0.05) is 6.07 Å². The highest BCUT2D eigenvalue weighted by atomic mass is 32.1. The molecule has 0 atom stereocenters. The van der Waals surface area contributed by atoms with Crippen molar-refractivity contribution in [1.29, 1.82) is 0 Å². The molecule has 5 nitrogen and oxygen atoms in total. The fourth-order valence-electron chi connectivity index (χ4n) is 2.64. The lowest BCUT2D eigenvalue weighted by atomic mass is 10.1. The van der Waals surface area contributed by atoms with E-state index < -0.39 is 0 Å². The van der Waals surface area contributed by atoms with E-state index in [2.05, 4.69) is 21.7 Å². The third-order valence-electron chi connectivity index (χ3n) is 3.75. The lowest BCUT2D eigenvalue weighted by Gasteiger charge is -2.26. The predicted octanol–water partition coefficient (Wildman–Crippen LogP) is 1.87. The molecule has 0 bridgehead atoms. The van der Waals surface area contributed by atoms with Crippen molar-refractivity contribution in [1.82, 2.24) is 10.3 Å². The van der Waals surface area contributed by atoms with Gasteiger partial charge in [0.1, 0.15) is 0 Å². The van der Waals surface area contributed by atoms with E-state index in [1.54, 1.807) is 11.3 Å². The summed E-state index contributed by atoms with van der Waals surface area (Å²) in [5.41, 5.74) is 2.32. The summed E-state index contributed by atoms with van der Waals surface area (Å²) >= 11 is 1.73. The number of benzene rings is 1. The molecule has 2 aliphatic rings. The molecular weight excluding hydrogens is 286 g/mol. The Balaban J connectivity index is 1.48. The van der Waals surface area contributed by atoms with Crippen LogP contribution < -0.4 is 19.7 Å². The van der Waals surface area contributed by atoms with E-state index in [1.165, 1.54) is 5.56 Å². The quantitative estimate of drug-likeness (QED) is 0.938. The smallest absolute Gasteiger partial charge is 0.231 e. The second kappa shape index (κ2) is 5.54. The number of aromatic nitrogens is 1. The molecular formula is C15H17N3O2S. The Labute approximate surface area is 127 Å². The van der Waals surface area contributed by atoms with Crippen LogP contribution in [-0.4, -0.2) is 38.0 Å². The Morgan fingerprint density at radius 2 is 2.05 bits per heavy atom. The van der Waals surface area contributed by atoms with Crippen LogP contribution in [0.2, 0.25) is 0 Å². The van der Waals surface area contributed by atoms with E-state index in [9.17, 15) is 0 Å². The van der Waals surface area contributed by atoms with Crippen molar-refractivity contribution in [2.75, 3.05) is 37.9 Å². The standard InChI is InChI=1S/C15H17N3O2S/c1-2-13-14(20-10-19-13)8-11(1)7-12-9-21-15(17-12)18-5-3-16-4-6-18/h1-2,8-9,16H,3-7,10H2. The largest absolute Gasteiger partial charge is 0.454 e. The summed E-state index contributed by atoms with van der Waals surface area (Å²) in [6.45, 7) is 4.48. The van der Waals surface area contributed by atoms with Gasteiger partial charge in [-0.15, -0.1) is 11.3 Å². The zero-order valence-corrected chi connectivity index (χ0v) is 12.5. The van der Waals surface area contributed by atoms with Crippen LogP contribution >= 0.6 is 11.3 Å². The lowest BCUT2D eigenvalue weighted by Crippen LogP contribution is -2.43. The van der Waals surface area contributed by atoms with Crippen molar-refractivity contribution >= 4 is 16.5 Å². The van der Waals surface area contributed by atoms with Gasteiger partial charge in [0.25, 0.3) is 0 Å². The molecule has 4 rings (SSSR count). The van der Waals surface area contributed by atoms with Crippen LogP contribution in [0.3, 0.4) is 0 Å². The molecule has 2 aliphatic heterocycles. The third-order valence-corrected chi connectivity index (χ3v) is 4.70. The van der Waals surface area contributed by atoms with Crippen molar-refractivity contribution in [3.63, 3.8) is 0 Å². The minimum absolute atomic E-state index is 0.322. The number of fused-ring (bicyclic) bond motifs is 1. The number of piperazine rings is 1. The Morgan fingerprint density at radius 3 is 2.95 bits per heavy atom. The number of anilines is 1. The highest BCUT2D eigenvalue weighted by Crippen LogP contribution is 2.33. The first-order chi connectivity index (χ1) is 10.4. The summed E-state index contributed by atoms with van der Waals surface area (Å²) in [6, 6.07) is 6.10. The second-order valence-corrected chi connectivity index (χ2v) is 6.06. The first kappa shape index (κ1) is 12.9. The van der Waals surface area contributed by atoms with E-state index in [1.807, 2.05) is 12.1 Å². The third kappa shape index (κ3) is 2.69. The molecule has 0 saturated carbocycles. The molecule has 0 aliphatic carbocycles. The van der Waals surface area contributed by atoms with E-state index in [4.69, 9.17) is 14.5 Å². The highest BCUT2D eigenvalue weighted by molar-refractivity contribution is 7.13. The summed E-state index contributed by atoms with van der Waals surface area (Å²) in [7, 11) is 0. The molecule has 1 N–H and O–H groups in total. The Kier molecular flexibility index (Phi) is 3.40. The maximum atomic E-state index is 5.42. The number of hydrogen-bond acceptors (Lipinski definition) is 6. The summed E-state index contributed by atoms with van der Waals surface area (Å²) in [4.78, 5) is 7.12. The number of hydrogen-bond donors (Lipinski definition) is 1. The van der Waals surface area contributed by atoms with Crippen LogP contribution in [0, 0.1) is 0 Å².